The van der Waals surface area contributed by atoms with Crippen LogP contribution in [-0.4, -0.2) is 26.1 Å². The standard InChI is InChI=1S/C15H10FN3O2/c16-10-6-7-12(15(20)21)13(8-10)14-9-17-18-19(14)11-4-2-1-3-5-11/h1-9H,(H,20,21). The van der Waals surface area contributed by atoms with Crippen molar-refractivity contribution in [3.63, 3.8) is 0 Å². The summed E-state index contributed by atoms with van der Waals surface area (Å²) in [6, 6.07) is 12.6. The molecule has 3 rings (SSSR count). The van der Waals surface area contributed by atoms with Gasteiger partial charge in [0.2, 0.25) is 0 Å². The molecule has 0 aliphatic heterocycles. The van der Waals surface area contributed by atoms with Crippen molar-refractivity contribution in [1.82, 2.24) is 15.0 Å². The van der Waals surface area contributed by atoms with Crippen LogP contribution in [0.2, 0.25) is 0 Å². The van der Waals surface area contributed by atoms with Crippen molar-refractivity contribution < 1.29 is 14.3 Å². The van der Waals surface area contributed by atoms with E-state index in [2.05, 4.69) is 10.3 Å². The Labute approximate surface area is 119 Å². The number of carbonyl (C=O) groups is 1. The van der Waals surface area contributed by atoms with Gasteiger partial charge in [0.15, 0.2) is 0 Å². The number of aromatic nitrogens is 3. The van der Waals surface area contributed by atoms with Gasteiger partial charge in [-0.25, -0.2) is 13.9 Å². The number of carboxylic acids is 1. The first-order valence-electron chi connectivity index (χ1n) is 6.16. The molecule has 0 spiro atoms. The van der Waals surface area contributed by atoms with Gasteiger partial charge in [-0.2, -0.15) is 0 Å². The van der Waals surface area contributed by atoms with E-state index in [9.17, 15) is 14.3 Å². The Hall–Kier alpha value is -3.02. The van der Waals surface area contributed by atoms with E-state index in [1.165, 1.54) is 23.0 Å². The molecule has 5 nitrogen and oxygen atoms in total. The lowest BCUT2D eigenvalue weighted by Gasteiger charge is -2.09. The van der Waals surface area contributed by atoms with Crippen LogP contribution in [0.4, 0.5) is 4.39 Å². The summed E-state index contributed by atoms with van der Waals surface area (Å²) in [6.45, 7) is 0. The number of aromatic carboxylic acids is 1. The average molecular weight is 283 g/mol. The van der Waals surface area contributed by atoms with E-state index in [1.807, 2.05) is 18.2 Å². The van der Waals surface area contributed by atoms with E-state index in [4.69, 9.17) is 0 Å². The zero-order chi connectivity index (χ0) is 14.8. The topological polar surface area (TPSA) is 68.0 Å². The highest BCUT2D eigenvalue weighted by molar-refractivity contribution is 5.95. The number of carboxylic acid groups (broad SMARTS) is 1. The van der Waals surface area contributed by atoms with Gasteiger partial charge in [0.25, 0.3) is 0 Å². The molecular weight excluding hydrogens is 273 g/mol. The van der Waals surface area contributed by atoms with E-state index in [1.54, 1.807) is 12.1 Å². The molecule has 21 heavy (non-hydrogen) atoms. The van der Waals surface area contributed by atoms with Crippen molar-refractivity contribution in [1.29, 1.82) is 0 Å². The van der Waals surface area contributed by atoms with Crippen molar-refractivity contribution in [2.45, 2.75) is 0 Å². The number of para-hydroxylation sites is 1. The summed E-state index contributed by atoms with van der Waals surface area (Å²) in [5.74, 6) is -1.65. The number of hydrogen-bond donors (Lipinski definition) is 1. The second-order valence-electron chi connectivity index (χ2n) is 4.36. The predicted molar refractivity (Wildman–Crippen MR) is 73.7 cm³/mol. The Balaban J connectivity index is 2.21. The lowest BCUT2D eigenvalue weighted by Crippen LogP contribution is -2.04. The maximum atomic E-state index is 13.5. The van der Waals surface area contributed by atoms with Crippen molar-refractivity contribution in [3.05, 3.63) is 66.1 Å². The highest BCUT2D eigenvalue weighted by Gasteiger charge is 2.17. The maximum absolute atomic E-state index is 13.5. The third-order valence-electron chi connectivity index (χ3n) is 3.04. The summed E-state index contributed by atoms with van der Waals surface area (Å²) in [4.78, 5) is 11.3. The smallest absolute Gasteiger partial charge is 0.336 e. The number of nitrogens with zero attached hydrogens (tertiary/aromatic N) is 3. The molecule has 0 saturated heterocycles. The molecular formula is C15H10FN3O2. The van der Waals surface area contributed by atoms with E-state index in [0.29, 0.717) is 11.4 Å². The van der Waals surface area contributed by atoms with Crippen molar-refractivity contribution in [2.75, 3.05) is 0 Å². The lowest BCUT2D eigenvalue weighted by atomic mass is 10.0. The zero-order valence-electron chi connectivity index (χ0n) is 10.8. The van der Waals surface area contributed by atoms with E-state index in [0.717, 1.165) is 6.07 Å². The Morgan fingerprint density at radius 1 is 1.14 bits per heavy atom. The largest absolute Gasteiger partial charge is 0.478 e. The van der Waals surface area contributed by atoms with Gasteiger partial charge in [0, 0.05) is 5.56 Å². The zero-order valence-corrected chi connectivity index (χ0v) is 10.8. The summed E-state index contributed by atoms with van der Waals surface area (Å²) in [7, 11) is 0. The van der Waals surface area contributed by atoms with Gasteiger partial charge in [-0.15, -0.1) is 5.10 Å². The predicted octanol–water partition coefficient (Wildman–Crippen LogP) is 2.77. The first-order chi connectivity index (χ1) is 10.2. The van der Waals surface area contributed by atoms with Gasteiger partial charge in [-0.05, 0) is 30.3 Å². The van der Waals surface area contributed by atoms with Gasteiger partial charge in [0.1, 0.15) is 5.82 Å². The fourth-order valence-electron chi connectivity index (χ4n) is 2.09. The molecule has 3 aromatic rings. The van der Waals surface area contributed by atoms with Crippen LogP contribution >= 0.6 is 0 Å². The van der Waals surface area contributed by atoms with E-state index >= 15 is 0 Å². The van der Waals surface area contributed by atoms with Gasteiger partial charge in [-0.1, -0.05) is 23.4 Å². The first-order valence-corrected chi connectivity index (χ1v) is 6.16. The molecule has 1 heterocycles. The average Bonchev–Trinajstić information content (AvgIpc) is 2.97. The minimum atomic E-state index is -1.13. The summed E-state index contributed by atoms with van der Waals surface area (Å²) in [5.41, 5.74) is 1.36. The second kappa shape index (κ2) is 5.16. The highest BCUT2D eigenvalue weighted by atomic mass is 19.1. The minimum absolute atomic E-state index is 0.00381. The second-order valence-corrected chi connectivity index (χ2v) is 4.36. The summed E-state index contributed by atoms with van der Waals surface area (Å²) in [5, 5.41) is 17.0. The molecule has 0 unspecified atom stereocenters. The lowest BCUT2D eigenvalue weighted by molar-refractivity contribution is 0.0697. The molecule has 0 aliphatic rings. The van der Waals surface area contributed by atoms with E-state index in [-0.39, 0.29) is 11.1 Å². The van der Waals surface area contributed by atoms with Crippen LogP contribution in [0.3, 0.4) is 0 Å². The van der Waals surface area contributed by atoms with Gasteiger partial charge >= 0.3 is 5.97 Å². The van der Waals surface area contributed by atoms with Crippen molar-refractivity contribution in [2.24, 2.45) is 0 Å². The van der Waals surface area contributed by atoms with E-state index < -0.39 is 11.8 Å². The maximum Gasteiger partial charge on any atom is 0.336 e. The van der Waals surface area contributed by atoms with Gasteiger partial charge in [-0.3, -0.25) is 0 Å². The molecule has 104 valence electrons. The molecule has 0 bridgehead atoms. The van der Waals surface area contributed by atoms with Crippen molar-refractivity contribution >= 4 is 5.97 Å². The fourth-order valence-corrected chi connectivity index (χ4v) is 2.09. The van der Waals surface area contributed by atoms with Crippen molar-refractivity contribution in [3.8, 4) is 16.9 Å². The molecule has 0 aliphatic carbocycles. The minimum Gasteiger partial charge on any atom is -0.478 e. The summed E-state index contributed by atoms with van der Waals surface area (Å²) >= 11 is 0. The quantitative estimate of drug-likeness (QED) is 0.802. The number of hydrogen-bond acceptors (Lipinski definition) is 3. The highest BCUT2D eigenvalue weighted by Crippen LogP contribution is 2.26. The monoisotopic (exact) mass is 283 g/mol. The van der Waals surface area contributed by atoms with Crippen LogP contribution in [0, 0.1) is 5.82 Å². The molecule has 2 aromatic carbocycles. The molecule has 0 radical (unpaired) electrons. The number of halogens is 1. The molecule has 6 heteroatoms. The number of benzene rings is 2. The Bertz CT molecular complexity index is 800. The van der Waals surface area contributed by atoms with Gasteiger partial charge in [0.05, 0.1) is 23.1 Å². The molecule has 0 fully saturated rings. The first kappa shape index (κ1) is 13.0. The Kier molecular flexibility index (Phi) is 3.19. The summed E-state index contributed by atoms with van der Waals surface area (Å²) in [6.07, 6.45) is 1.41. The molecule has 0 amide bonds. The third kappa shape index (κ3) is 2.38. The van der Waals surface area contributed by atoms with Crippen LogP contribution in [0.5, 0.6) is 0 Å². The number of rotatable bonds is 3. The molecule has 0 saturated carbocycles. The Morgan fingerprint density at radius 2 is 1.90 bits per heavy atom. The van der Waals surface area contributed by atoms with Crippen LogP contribution in [0.15, 0.2) is 54.7 Å². The molecule has 0 atom stereocenters. The molecule has 1 aromatic heterocycles. The molecule has 1 N–H and O–H groups in total. The van der Waals surface area contributed by atoms with Crippen LogP contribution in [-0.2, 0) is 0 Å². The summed E-state index contributed by atoms with van der Waals surface area (Å²) < 4.78 is 15.0. The van der Waals surface area contributed by atoms with Gasteiger partial charge < -0.3 is 5.11 Å². The van der Waals surface area contributed by atoms with Crippen LogP contribution < -0.4 is 0 Å². The fraction of sp³-hybridized carbons (Fsp3) is 0. The SMILES string of the molecule is O=C(O)c1ccc(F)cc1-c1cnnn1-c1ccccc1. The normalized spacial score (nSPS) is 10.5. The van der Waals surface area contributed by atoms with Crippen LogP contribution in [0.25, 0.3) is 16.9 Å². The third-order valence-corrected chi connectivity index (χ3v) is 3.04. The Morgan fingerprint density at radius 3 is 2.62 bits per heavy atom. The van der Waals surface area contributed by atoms with Crippen LogP contribution in [0.1, 0.15) is 10.4 Å².